The van der Waals surface area contributed by atoms with Crippen LogP contribution >= 0.6 is 40.3 Å². The number of nitrogens with zero attached hydrogens (tertiary/aromatic N) is 2. The summed E-state index contributed by atoms with van der Waals surface area (Å²) in [6, 6.07) is 12.6. The van der Waals surface area contributed by atoms with Gasteiger partial charge >= 0.3 is 0 Å². The van der Waals surface area contributed by atoms with Crippen molar-refractivity contribution in [2.24, 2.45) is 4.99 Å². The maximum atomic E-state index is 6.22. The van der Waals surface area contributed by atoms with Crippen molar-refractivity contribution in [3.05, 3.63) is 51.9 Å². The van der Waals surface area contributed by atoms with Crippen molar-refractivity contribution in [2.45, 2.75) is 13.3 Å². The Hall–Kier alpha value is -0.970. The van der Waals surface area contributed by atoms with Crippen LogP contribution in [0.5, 0.6) is 0 Å². The SMILES string of the molecule is Br.CCC1=C(c2cccc3ccc(Cl)cc23)N2CCN=C2S1. The normalized spacial score (nSPS) is 16.8. The monoisotopic (exact) mass is 394 g/mol. The van der Waals surface area contributed by atoms with Crippen molar-refractivity contribution in [3.63, 3.8) is 0 Å². The minimum atomic E-state index is 0. The second kappa shape index (κ2) is 6.26. The molecule has 0 saturated carbocycles. The zero-order chi connectivity index (χ0) is 14.4. The van der Waals surface area contributed by atoms with E-state index in [0.717, 1.165) is 29.7 Å². The standard InChI is InChI=1S/C17H15ClN2S.BrH/c1-2-15-16(20-9-8-19-17(20)21-15)13-5-3-4-11-6-7-12(18)10-14(11)13;/h3-7,10H,2,8-9H2,1H3;1H. The minimum absolute atomic E-state index is 0. The topological polar surface area (TPSA) is 15.6 Å². The number of rotatable bonds is 2. The molecule has 2 nitrogen and oxygen atoms in total. The van der Waals surface area contributed by atoms with E-state index < -0.39 is 0 Å². The van der Waals surface area contributed by atoms with Crippen molar-refractivity contribution >= 4 is 62.0 Å². The molecule has 2 aliphatic heterocycles. The summed E-state index contributed by atoms with van der Waals surface area (Å²) in [5.74, 6) is 0. The van der Waals surface area contributed by atoms with E-state index in [0.29, 0.717) is 0 Å². The van der Waals surface area contributed by atoms with Crippen LogP contribution in [-0.2, 0) is 0 Å². The summed E-state index contributed by atoms with van der Waals surface area (Å²) in [4.78, 5) is 8.37. The lowest BCUT2D eigenvalue weighted by atomic mass is 10.0. The van der Waals surface area contributed by atoms with Crippen LogP contribution in [0.1, 0.15) is 18.9 Å². The van der Waals surface area contributed by atoms with Gasteiger partial charge in [-0.25, -0.2) is 0 Å². The first-order valence-electron chi connectivity index (χ1n) is 7.19. The first-order valence-corrected chi connectivity index (χ1v) is 8.39. The van der Waals surface area contributed by atoms with Gasteiger partial charge in [0, 0.05) is 22.0 Å². The third-order valence-corrected chi connectivity index (χ3v) is 5.47. The molecule has 0 bridgehead atoms. The van der Waals surface area contributed by atoms with Gasteiger partial charge in [-0.3, -0.25) is 4.99 Å². The van der Waals surface area contributed by atoms with Crippen LogP contribution in [0, 0.1) is 0 Å². The van der Waals surface area contributed by atoms with E-state index in [1.54, 1.807) is 0 Å². The smallest absolute Gasteiger partial charge is 0.168 e. The second-order valence-corrected chi connectivity index (χ2v) is 6.71. The zero-order valence-corrected chi connectivity index (χ0v) is 15.5. The summed E-state index contributed by atoms with van der Waals surface area (Å²) in [5, 5.41) is 4.39. The molecule has 0 spiro atoms. The predicted octanol–water partition coefficient (Wildman–Crippen LogP) is 5.57. The molecule has 0 saturated heterocycles. The third-order valence-electron chi connectivity index (χ3n) is 3.97. The fourth-order valence-corrected chi connectivity index (χ4v) is 4.32. The lowest BCUT2D eigenvalue weighted by Gasteiger charge is -2.19. The van der Waals surface area contributed by atoms with E-state index in [1.807, 2.05) is 17.8 Å². The number of amidine groups is 1. The molecule has 2 heterocycles. The first kappa shape index (κ1) is 15.9. The fraction of sp³-hybridized carbons (Fsp3) is 0.235. The van der Waals surface area contributed by atoms with Gasteiger partial charge in [0.05, 0.1) is 12.2 Å². The maximum absolute atomic E-state index is 6.22. The largest absolute Gasteiger partial charge is 0.318 e. The average Bonchev–Trinajstić information content (AvgIpc) is 3.06. The molecule has 22 heavy (non-hydrogen) atoms. The van der Waals surface area contributed by atoms with Crippen LogP contribution in [-0.4, -0.2) is 23.2 Å². The van der Waals surface area contributed by atoms with Crippen molar-refractivity contribution in [2.75, 3.05) is 13.1 Å². The molecular weight excluding hydrogens is 380 g/mol. The van der Waals surface area contributed by atoms with Gasteiger partial charge in [0.1, 0.15) is 0 Å². The molecule has 2 aromatic rings. The summed E-state index contributed by atoms with van der Waals surface area (Å²) in [6.07, 6.45) is 1.03. The summed E-state index contributed by atoms with van der Waals surface area (Å²) in [7, 11) is 0. The molecule has 0 unspecified atom stereocenters. The van der Waals surface area contributed by atoms with E-state index >= 15 is 0 Å². The molecule has 2 aromatic carbocycles. The van der Waals surface area contributed by atoms with Crippen molar-refractivity contribution in [3.8, 4) is 0 Å². The van der Waals surface area contributed by atoms with Gasteiger partial charge in [0.15, 0.2) is 5.17 Å². The Kier molecular flexibility index (Phi) is 4.53. The second-order valence-electron chi connectivity index (χ2n) is 5.21. The summed E-state index contributed by atoms with van der Waals surface area (Å²) in [5.41, 5.74) is 2.60. The molecule has 0 aromatic heterocycles. The van der Waals surface area contributed by atoms with Gasteiger partial charge in [-0.2, -0.15) is 0 Å². The Labute approximate surface area is 150 Å². The van der Waals surface area contributed by atoms with Gasteiger partial charge in [0.25, 0.3) is 0 Å². The highest BCUT2D eigenvalue weighted by Gasteiger charge is 2.32. The van der Waals surface area contributed by atoms with Crippen LogP contribution in [0.2, 0.25) is 5.02 Å². The third kappa shape index (κ3) is 2.47. The first-order chi connectivity index (χ1) is 10.3. The van der Waals surface area contributed by atoms with Gasteiger partial charge < -0.3 is 4.90 Å². The molecular formula is C17H16BrClN2S. The van der Waals surface area contributed by atoms with E-state index in [9.17, 15) is 0 Å². The Morgan fingerprint density at radius 3 is 2.95 bits per heavy atom. The van der Waals surface area contributed by atoms with Crippen molar-refractivity contribution in [1.82, 2.24) is 4.90 Å². The van der Waals surface area contributed by atoms with E-state index in [-0.39, 0.29) is 17.0 Å². The molecule has 114 valence electrons. The number of hydrogen-bond acceptors (Lipinski definition) is 3. The maximum Gasteiger partial charge on any atom is 0.168 e. The predicted molar refractivity (Wildman–Crippen MR) is 103 cm³/mol. The summed E-state index contributed by atoms with van der Waals surface area (Å²) in [6.45, 7) is 4.09. The minimum Gasteiger partial charge on any atom is -0.318 e. The fourth-order valence-electron chi connectivity index (χ4n) is 3.02. The van der Waals surface area contributed by atoms with Crippen LogP contribution in [0.15, 0.2) is 46.3 Å². The molecule has 4 rings (SSSR count). The van der Waals surface area contributed by atoms with Gasteiger partial charge in [-0.15, -0.1) is 17.0 Å². The molecule has 0 N–H and O–H groups in total. The number of allylic oxidation sites excluding steroid dienone is 1. The molecule has 0 fully saturated rings. The molecule has 2 aliphatic rings. The highest BCUT2D eigenvalue weighted by molar-refractivity contribution is 8.93. The van der Waals surface area contributed by atoms with Crippen molar-refractivity contribution < 1.29 is 0 Å². The van der Waals surface area contributed by atoms with E-state index in [4.69, 9.17) is 11.6 Å². The van der Waals surface area contributed by atoms with Gasteiger partial charge in [-0.05, 0) is 29.3 Å². The lowest BCUT2D eigenvalue weighted by Crippen LogP contribution is -2.20. The Bertz CT molecular complexity index is 800. The van der Waals surface area contributed by atoms with Crippen LogP contribution < -0.4 is 0 Å². The number of aliphatic imine (C=N–C) groups is 1. The summed E-state index contributed by atoms with van der Waals surface area (Å²) < 4.78 is 0. The molecule has 0 radical (unpaired) electrons. The number of benzene rings is 2. The van der Waals surface area contributed by atoms with Gasteiger partial charge in [-0.1, -0.05) is 54.6 Å². The quantitative estimate of drug-likeness (QED) is 0.660. The van der Waals surface area contributed by atoms with Crippen LogP contribution in [0.25, 0.3) is 16.5 Å². The zero-order valence-electron chi connectivity index (χ0n) is 12.2. The Balaban J connectivity index is 0.00000144. The number of halogens is 2. The highest BCUT2D eigenvalue weighted by Crippen LogP contribution is 2.44. The Morgan fingerprint density at radius 1 is 1.27 bits per heavy atom. The van der Waals surface area contributed by atoms with Crippen LogP contribution in [0.3, 0.4) is 0 Å². The van der Waals surface area contributed by atoms with E-state index in [2.05, 4.69) is 47.1 Å². The molecule has 0 amide bonds. The highest BCUT2D eigenvalue weighted by atomic mass is 79.9. The summed E-state index contributed by atoms with van der Waals surface area (Å²) >= 11 is 8.04. The van der Waals surface area contributed by atoms with Gasteiger partial charge in [0.2, 0.25) is 0 Å². The molecule has 0 aliphatic carbocycles. The average molecular weight is 396 g/mol. The molecule has 0 atom stereocenters. The van der Waals surface area contributed by atoms with Crippen LogP contribution in [0.4, 0.5) is 0 Å². The number of fused-ring (bicyclic) bond motifs is 2. The lowest BCUT2D eigenvalue weighted by molar-refractivity contribution is 0.647. The number of hydrogen-bond donors (Lipinski definition) is 0. The molecule has 5 heteroatoms. The van der Waals surface area contributed by atoms with E-state index in [1.165, 1.54) is 26.9 Å². The number of thioether (sulfide) groups is 1. The van der Waals surface area contributed by atoms with Crippen molar-refractivity contribution in [1.29, 1.82) is 0 Å². The Morgan fingerprint density at radius 2 is 2.14 bits per heavy atom.